The van der Waals surface area contributed by atoms with E-state index in [1.807, 2.05) is 0 Å². The Balaban J connectivity index is 1.64. The number of sulfone groups is 1. The van der Waals surface area contributed by atoms with E-state index in [0.717, 1.165) is 12.1 Å². The van der Waals surface area contributed by atoms with Gasteiger partial charge in [-0.3, -0.25) is 4.79 Å². The van der Waals surface area contributed by atoms with Gasteiger partial charge in [0.25, 0.3) is 5.91 Å². The number of anilines is 1. The van der Waals surface area contributed by atoms with Crippen molar-refractivity contribution in [2.24, 2.45) is 0 Å². The lowest BCUT2D eigenvalue weighted by Gasteiger charge is -2.20. The van der Waals surface area contributed by atoms with Crippen molar-refractivity contribution in [3.63, 3.8) is 0 Å². The molecule has 1 unspecified atom stereocenters. The number of carbonyl (C=O) groups is 1. The molecule has 35 heavy (non-hydrogen) atoms. The second-order valence-corrected chi connectivity index (χ2v) is 10.3. The molecular formula is C23H26F3NO7S. The Labute approximate surface area is 201 Å². The molecule has 2 atom stereocenters. The van der Waals surface area contributed by atoms with Crippen molar-refractivity contribution in [2.45, 2.75) is 31.7 Å². The largest absolute Gasteiger partial charge is 0.493 e. The smallest absolute Gasteiger partial charge is 0.416 e. The number of alkyl halides is 3. The molecule has 0 saturated carbocycles. The van der Waals surface area contributed by atoms with Gasteiger partial charge in [0.2, 0.25) is 0 Å². The molecule has 1 aliphatic rings. The second-order valence-electron chi connectivity index (χ2n) is 7.91. The Morgan fingerprint density at radius 3 is 2.43 bits per heavy atom. The number of methoxy groups -OCH3 is 1. The fourth-order valence-corrected chi connectivity index (χ4v) is 4.41. The Morgan fingerprint density at radius 2 is 1.83 bits per heavy atom. The van der Waals surface area contributed by atoms with E-state index >= 15 is 0 Å². The number of aliphatic hydroxyl groups excluding tert-OH is 1. The Morgan fingerprint density at radius 1 is 1.14 bits per heavy atom. The molecule has 0 radical (unpaired) electrons. The van der Waals surface area contributed by atoms with Crippen LogP contribution in [-0.4, -0.2) is 63.4 Å². The van der Waals surface area contributed by atoms with Gasteiger partial charge < -0.3 is 24.2 Å². The van der Waals surface area contributed by atoms with Crippen LogP contribution in [-0.2, 0) is 20.8 Å². The summed E-state index contributed by atoms with van der Waals surface area (Å²) in [6, 6.07) is 8.83. The first-order valence-electron chi connectivity index (χ1n) is 10.8. The zero-order valence-corrected chi connectivity index (χ0v) is 19.9. The molecule has 2 aromatic carbocycles. The van der Waals surface area contributed by atoms with Crippen molar-refractivity contribution < 1.29 is 45.7 Å². The number of halogens is 3. The van der Waals surface area contributed by atoms with Crippen molar-refractivity contribution in [3.8, 4) is 17.2 Å². The fraction of sp³-hybridized carbons (Fsp3) is 0.435. The topological polar surface area (TPSA) is 102 Å². The summed E-state index contributed by atoms with van der Waals surface area (Å²) >= 11 is 0. The highest BCUT2D eigenvalue weighted by atomic mass is 32.2. The molecule has 8 nitrogen and oxygen atoms in total. The second kappa shape index (κ2) is 10.7. The van der Waals surface area contributed by atoms with E-state index < -0.39 is 39.5 Å². The lowest BCUT2D eigenvalue weighted by atomic mass is 10.2. The standard InChI is InChI=1S/C23H26F3NO7S/c1-3-35(30,31)14-17(28)13-33-19-9-6-16(12-21(19)32-2)27-11-10-20(22(27)29)34-18-7-4-15(5-8-18)23(24,25)26/h4-9,12,17,20,28H,3,10-11,13-14H2,1-2H3/t17-,20?/m0/s1. The Hall–Kier alpha value is -2.99. The summed E-state index contributed by atoms with van der Waals surface area (Å²) in [5, 5.41) is 9.94. The quantitative estimate of drug-likeness (QED) is 0.517. The SMILES string of the molecule is CCS(=O)(=O)C[C@@H](O)COc1ccc(N2CCC(Oc3ccc(C(F)(F)F)cc3)C2=O)cc1OC. The Kier molecular flexibility index (Phi) is 8.16. The van der Waals surface area contributed by atoms with Gasteiger partial charge in [-0.15, -0.1) is 0 Å². The molecule has 1 heterocycles. The third kappa shape index (κ3) is 6.79. The maximum atomic E-state index is 12.9. The summed E-state index contributed by atoms with van der Waals surface area (Å²) in [5.41, 5.74) is -0.315. The zero-order valence-electron chi connectivity index (χ0n) is 19.1. The van der Waals surface area contributed by atoms with Crippen LogP contribution in [0.15, 0.2) is 42.5 Å². The van der Waals surface area contributed by atoms with Crippen molar-refractivity contribution in [2.75, 3.05) is 36.7 Å². The lowest BCUT2D eigenvalue weighted by molar-refractivity contribution is -0.137. The summed E-state index contributed by atoms with van der Waals surface area (Å²) in [6.45, 7) is 1.55. The normalized spacial score (nSPS) is 17.4. The number of aliphatic hydroxyl groups is 1. The third-order valence-corrected chi connectivity index (χ3v) is 7.16. The number of nitrogens with zero attached hydrogens (tertiary/aromatic N) is 1. The molecule has 3 rings (SSSR count). The van der Waals surface area contributed by atoms with E-state index in [1.165, 1.54) is 37.1 Å². The molecule has 0 aliphatic carbocycles. The molecule has 0 spiro atoms. The van der Waals surface area contributed by atoms with Crippen molar-refractivity contribution in [1.29, 1.82) is 0 Å². The molecule has 0 bridgehead atoms. The van der Waals surface area contributed by atoms with E-state index in [2.05, 4.69) is 0 Å². The predicted octanol–water partition coefficient (Wildman–Crippen LogP) is 3.07. The minimum Gasteiger partial charge on any atom is -0.493 e. The molecule has 1 aliphatic heterocycles. The van der Waals surface area contributed by atoms with Gasteiger partial charge in [0.15, 0.2) is 27.4 Å². The van der Waals surface area contributed by atoms with Gasteiger partial charge in [-0.1, -0.05) is 6.92 Å². The molecule has 192 valence electrons. The molecule has 1 saturated heterocycles. The van der Waals surface area contributed by atoms with Gasteiger partial charge >= 0.3 is 6.18 Å². The molecule has 12 heteroatoms. The first-order valence-corrected chi connectivity index (χ1v) is 12.6. The number of rotatable bonds is 10. The van der Waals surface area contributed by atoms with Crippen LogP contribution in [0.1, 0.15) is 18.9 Å². The van der Waals surface area contributed by atoms with Gasteiger partial charge in [0.1, 0.15) is 18.5 Å². The first-order chi connectivity index (χ1) is 16.4. The molecular weight excluding hydrogens is 491 g/mol. The van der Waals surface area contributed by atoms with Gasteiger partial charge in [0, 0.05) is 30.5 Å². The summed E-state index contributed by atoms with van der Waals surface area (Å²) in [7, 11) is -1.97. The number of benzene rings is 2. The highest BCUT2D eigenvalue weighted by Crippen LogP contribution is 2.35. The average Bonchev–Trinajstić information content (AvgIpc) is 3.17. The van der Waals surface area contributed by atoms with E-state index in [1.54, 1.807) is 12.1 Å². The number of carbonyl (C=O) groups excluding carboxylic acids is 1. The highest BCUT2D eigenvalue weighted by Gasteiger charge is 2.35. The molecule has 1 N–H and O–H groups in total. The van der Waals surface area contributed by atoms with Crippen LogP contribution in [0.4, 0.5) is 18.9 Å². The van der Waals surface area contributed by atoms with Crippen LogP contribution in [0.3, 0.4) is 0 Å². The maximum absolute atomic E-state index is 12.9. The third-order valence-electron chi connectivity index (χ3n) is 5.39. The van der Waals surface area contributed by atoms with Crippen LogP contribution in [0.5, 0.6) is 17.2 Å². The van der Waals surface area contributed by atoms with Crippen LogP contribution in [0.25, 0.3) is 0 Å². The lowest BCUT2D eigenvalue weighted by Crippen LogP contribution is -2.32. The zero-order chi connectivity index (χ0) is 25.8. The number of hydrogen-bond donors (Lipinski definition) is 1. The minimum absolute atomic E-state index is 0.0878. The monoisotopic (exact) mass is 517 g/mol. The van der Waals surface area contributed by atoms with Crippen LogP contribution in [0, 0.1) is 0 Å². The number of hydrogen-bond acceptors (Lipinski definition) is 7. The van der Waals surface area contributed by atoms with E-state index in [4.69, 9.17) is 14.2 Å². The van der Waals surface area contributed by atoms with Crippen molar-refractivity contribution in [3.05, 3.63) is 48.0 Å². The summed E-state index contributed by atoms with van der Waals surface area (Å²) in [5.74, 6) is -0.187. The minimum atomic E-state index is -4.46. The first kappa shape index (κ1) is 26.6. The van der Waals surface area contributed by atoms with Crippen LogP contribution >= 0.6 is 0 Å². The summed E-state index contributed by atoms with van der Waals surface area (Å²) in [4.78, 5) is 14.3. The van der Waals surface area contributed by atoms with Gasteiger partial charge in [0.05, 0.1) is 18.4 Å². The summed E-state index contributed by atoms with van der Waals surface area (Å²) in [6.07, 6.45) is -6.20. The molecule has 1 amide bonds. The van der Waals surface area contributed by atoms with E-state index in [-0.39, 0.29) is 35.5 Å². The fourth-order valence-electron chi connectivity index (χ4n) is 3.49. The van der Waals surface area contributed by atoms with Gasteiger partial charge in [-0.2, -0.15) is 13.2 Å². The maximum Gasteiger partial charge on any atom is 0.416 e. The highest BCUT2D eigenvalue weighted by molar-refractivity contribution is 7.91. The molecule has 2 aromatic rings. The van der Waals surface area contributed by atoms with E-state index in [0.29, 0.717) is 18.7 Å². The molecule has 1 fully saturated rings. The van der Waals surface area contributed by atoms with Crippen molar-refractivity contribution in [1.82, 2.24) is 0 Å². The Bertz CT molecular complexity index is 1140. The van der Waals surface area contributed by atoms with Crippen LogP contribution < -0.4 is 19.1 Å². The summed E-state index contributed by atoms with van der Waals surface area (Å²) < 4.78 is 77.9. The average molecular weight is 518 g/mol. The number of amides is 1. The molecule has 0 aromatic heterocycles. The van der Waals surface area contributed by atoms with Crippen LogP contribution in [0.2, 0.25) is 0 Å². The van der Waals surface area contributed by atoms with Gasteiger partial charge in [-0.25, -0.2) is 8.42 Å². The van der Waals surface area contributed by atoms with Crippen molar-refractivity contribution >= 4 is 21.4 Å². The van der Waals surface area contributed by atoms with E-state index in [9.17, 15) is 31.5 Å². The number of ether oxygens (including phenoxy) is 3. The van der Waals surface area contributed by atoms with Gasteiger partial charge in [-0.05, 0) is 36.4 Å². The predicted molar refractivity (Wildman–Crippen MR) is 122 cm³/mol.